The van der Waals surface area contributed by atoms with Crippen molar-refractivity contribution in [2.45, 2.75) is 45.3 Å². The van der Waals surface area contributed by atoms with Gasteiger partial charge in [-0.3, -0.25) is 0 Å². The molecule has 0 amide bonds. The molecule has 1 saturated heterocycles. The first-order valence-electron chi connectivity index (χ1n) is 5.71. The number of rotatable bonds is 2. The van der Waals surface area contributed by atoms with E-state index in [2.05, 4.69) is 13.8 Å². The van der Waals surface area contributed by atoms with E-state index in [1.807, 2.05) is 13.8 Å². The highest BCUT2D eigenvalue weighted by Gasteiger charge is 2.82. The Kier molecular flexibility index (Phi) is 2.16. The van der Waals surface area contributed by atoms with Crippen molar-refractivity contribution in [2.75, 3.05) is 7.11 Å². The van der Waals surface area contributed by atoms with Crippen LogP contribution < -0.4 is 0 Å². The van der Waals surface area contributed by atoms with Gasteiger partial charge in [0, 0.05) is 0 Å². The minimum atomic E-state index is -0.659. The summed E-state index contributed by atoms with van der Waals surface area (Å²) in [6.07, 6.45) is 0.988. The van der Waals surface area contributed by atoms with E-state index in [0.29, 0.717) is 11.8 Å². The number of epoxide rings is 1. The summed E-state index contributed by atoms with van der Waals surface area (Å²) in [5.41, 5.74) is -0.874. The zero-order chi connectivity index (χ0) is 11.4. The van der Waals surface area contributed by atoms with E-state index >= 15 is 0 Å². The van der Waals surface area contributed by atoms with Gasteiger partial charge in [0.05, 0.1) is 7.11 Å². The highest BCUT2D eigenvalue weighted by Crippen LogP contribution is 2.68. The Morgan fingerprint density at radius 1 is 1.47 bits per heavy atom. The molecule has 1 aliphatic heterocycles. The Balaban J connectivity index is 2.24. The van der Waals surface area contributed by atoms with Crippen molar-refractivity contribution in [3.63, 3.8) is 0 Å². The summed E-state index contributed by atoms with van der Waals surface area (Å²) in [6.45, 7) is 8.43. The summed E-state index contributed by atoms with van der Waals surface area (Å²) in [5.74, 6) is 1.09. The maximum Gasteiger partial charge on any atom is 0.341 e. The number of hydrogen-bond donors (Lipinski definition) is 0. The van der Waals surface area contributed by atoms with Gasteiger partial charge in [0.25, 0.3) is 0 Å². The minimum Gasteiger partial charge on any atom is -0.467 e. The van der Waals surface area contributed by atoms with Crippen LogP contribution in [0.15, 0.2) is 0 Å². The maximum absolute atomic E-state index is 11.9. The fourth-order valence-electron chi connectivity index (χ4n) is 3.23. The van der Waals surface area contributed by atoms with Gasteiger partial charge in [0.1, 0.15) is 5.60 Å². The van der Waals surface area contributed by atoms with E-state index in [1.165, 1.54) is 7.11 Å². The van der Waals surface area contributed by atoms with Gasteiger partial charge in [-0.05, 0) is 24.2 Å². The highest BCUT2D eigenvalue weighted by molar-refractivity contribution is 5.86. The molecule has 1 aliphatic carbocycles. The first kappa shape index (κ1) is 10.9. The Hall–Kier alpha value is -0.570. The van der Waals surface area contributed by atoms with Gasteiger partial charge in [-0.2, -0.15) is 0 Å². The van der Waals surface area contributed by atoms with Crippen molar-refractivity contribution in [1.29, 1.82) is 0 Å². The molecule has 4 unspecified atom stereocenters. The molecular weight excluding hydrogens is 192 g/mol. The number of hydrogen-bond acceptors (Lipinski definition) is 3. The van der Waals surface area contributed by atoms with Gasteiger partial charge in [-0.15, -0.1) is 0 Å². The number of esters is 1. The van der Waals surface area contributed by atoms with Crippen molar-refractivity contribution in [3.05, 3.63) is 0 Å². The predicted octanol–water partition coefficient (Wildman–Crippen LogP) is 2.00. The number of methoxy groups -OCH3 is 1. The molecule has 2 rings (SSSR count). The molecule has 1 spiro atoms. The third-order valence-electron chi connectivity index (χ3n) is 4.45. The summed E-state index contributed by atoms with van der Waals surface area (Å²) in [7, 11) is 1.44. The van der Waals surface area contributed by atoms with Crippen LogP contribution in [-0.4, -0.2) is 24.3 Å². The Morgan fingerprint density at radius 3 is 2.40 bits per heavy atom. The van der Waals surface area contributed by atoms with E-state index in [1.54, 1.807) is 0 Å². The Labute approximate surface area is 91.1 Å². The lowest BCUT2D eigenvalue weighted by Crippen LogP contribution is -2.52. The molecule has 1 saturated carbocycles. The van der Waals surface area contributed by atoms with Crippen LogP contribution in [0.5, 0.6) is 0 Å². The molecule has 4 atom stereocenters. The van der Waals surface area contributed by atoms with Crippen LogP contribution in [0.4, 0.5) is 0 Å². The number of ether oxygens (including phenoxy) is 2. The molecule has 0 aromatic rings. The molecule has 0 bridgehead atoms. The molecule has 15 heavy (non-hydrogen) atoms. The van der Waals surface area contributed by atoms with Crippen molar-refractivity contribution in [2.24, 2.45) is 17.8 Å². The molecule has 1 heterocycles. The van der Waals surface area contributed by atoms with Crippen molar-refractivity contribution in [1.82, 2.24) is 0 Å². The van der Waals surface area contributed by atoms with Crippen molar-refractivity contribution >= 4 is 5.97 Å². The third kappa shape index (κ3) is 1.02. The molecule has 3 heteroatoms. The van der Waals surface area contributed by atoms with Crippen molar-refractivity contribution < 1.29 is 14.3 Å². The average molecular weight is 212 g/mol. The average Bonchev–Trinajstić information content (AvgIpc) is 2.90. The summed E-state index contributed by atoms with van der Waals surface area (Å²) in [4.78, 5) is 11.9. The summed E-state index contributed by atoms with van der Waals surface area (Å²) in [6, 6.07) is 0. The van der Waals surface area contributed by atoms with E-state index in [-0.39, 0.29) is 17.5 Å². The summed E-state index contributed by atoms with van der Waals surface area (Å²) in [5, 5.41) is 0. The number of carbonyl (C=O) groups excluding carboxylic acids is 1. The Bertz CT molecular complexity index is 299. The molecule has 0 N–H and O–H groups in total. The topological polar surface area (TPSA) is 38.8 Å². The highest BCUT2D eigenvalue weighted by atomic mass is 16.7. The third-order valence-corrected chi connectivity index (χ3v) is 4.45. The summed E-state index contributed by atoms with van der Waals surface area (Å²) >= 11 is 0. The zero-order valence-corrected chi connectivity index (χ0v) is 10.2. The van der Waals surface area contributed by atoms with Crippen LogP contribution in [0.3, 0.4) is 0 Å². The van der Waals surface area contributed by atoms with Crippen LogP contribution in [0.25, 0.3) is 0 Å². The van der Waals surface area contributed by atoms with Gasteiger partial charge in [0.2, 0.25) is 0 Å². The van der Waals surface area contributed by atoms with E-state index in [0.717, 1.165) is 6.42 Å². The molecule has 2 aliphatic rings. The van der Waals surface area contributed by atoms with Crippen LogP contribution in [0.2, 0.25) is 0 Å². The lowest BCUT2D eigenvalue weighted by atomic mass is 9.59. The van der Waals surface area contributed by atoms with Crippen LogP contribution >= 0.6 is 0 Å². The molecule has 86 valence electrons. The predicted molar refractivity (Wildman–Crippen MR) is 56.3 cm³/mol. The zero-order valence-electron chi connectivity index (χ0n) is 10.2. The van der Waals surface area contributed by atoms with Crippen LogP contribution in [-0.2, 0) is 14.3 Å². The Morgan fingerprint density at radius 2 is 2.07 bits per heavy atom. The molecule has 0 radical (unpaired) electrons. The maximum atomic E-state index is 11.9. The van der Waals surface area contributed by atoms with Crippen LogP contribution in [0, 0.1) is 17.8 Å². The standard InChI is InChI=1S/C12H20O3/c1-7(2)12(10(13)14-5)11(15-12)6-8(3)9(11)4/h7-9H,6H2,1-5H3. The van der Waals surface area contributed by atoms with Crippen molar-refractivity contribution in [3.8, 4) is 0 Å². The van der Waals surface area contributed by atoms with Crippen LogP contribution in [0.1, 0.15) is 34.1 Å². The molecule has 3 nitrogen and oxygen atoms in total. The quantitative estimate of drug-likeness (QED) is 0.519. The lowest BCUT2D eigenvalue weighted by Gasteiger charge is -2.41. The largest absolute Gasteiger partial charge is 0.467 e. The fraction of sp³-hybridized carbons (Fsp3) is 0.917. The smallest absolute Gasteiger partial charge is 0.341 e. The van der Waals surface area contributed by atoms with E-state index < -0.39 is 5.60 Å². The molecule has 0 aromatic carbocycles. The first-order valence-corrected chi connectivity index (χ1v) is 5.71. The van der Waals surface area contributed by atoms with Gasteiger partial charge >= 0.3 is 5.97 Å². The normalized spacial score (nSPS) is 47.9. The second-order valence-corrected chi connectivity index (χ2v) is 5.34. The SMILES string of the molecule is COC(=O)C1(C(C)C)OC12CC(C)C2C. The van der Waals surface area contributed by atoms with E-state index in [9.17, 15) is 4.79 Å². The number of carbonyl (C=O) groups is 1. The lowest BCUT2D eigenvalue weighted by molar-refractivity contribution is -0.149. The minimum absolute atomic E-state index is 0.180. The first-order chi connectivity index (χ1) is 6.92. The van der Waals surface area contributed by atoms with Gasteiger partial charge in [0.15, 0.2) is 5.60 Å². The molecule has 0 aromatic heterocycles. The molecule has 2 fully saturated rings. The second kappa shape index (κ2) is 2.97. The van der Waals surface area contributed by atoms with Gasteiger partial charge in [-0.25, -0.2) is 4.79 Å². The second-order valence-electron chi connectivity index (χ2n) is 5.34. The monoisotopic (exact) mass is 212 g/mol. The van der Waals surface area contributed by atoms with Gasteiger partial charge in [-0.1, -0.05) is 27.7 Å². The van der Waals surface area contributed by atoms with E-state index in [4.69, 9.17) is 9.47 Å². The summed E-state index contributed by atoms with van der Waals surface area (Å²) < 4.78 is 10.7. The molecular formula is C12H20O3. The van der Waals surface area contributed by atoms with Gasteiger partial charge < -0.3 is 9.47 Å². The fourth-order valence-corrected chi connectivity index (χ4v) is 3.23.